The largest absolute Gasteiger partial charge is 0.524 e. The summed E-state index contributed by atoms with van der Waals surface area (Å²) in [7, 11) is 0. The summed E-state index contributed by atoms with van der Waals surface area (Å²) >= 11 is 4.24. The predicted octanol–water partition coefficient (Wildman–Crippen LogP) is 3.00. The second-order valence-corrected chi connectivity index (χ2v) is 3.52. The van der Waals surface area contributed by atoms with Gasteiger partial charge in [0.1, 0.15) is 11.9 Å². The van der Waals surface area contributed by atoms with Gasteiger partial charge in [-0.05, 0) is 6.42 Å². The molecule has 0 unspecified atom stereocenters. The van der Waals surface area contributed by atoms with Gasteiger partial charge in [0, 0.05) is 13.8 Å². The molecule has 0 aliphatic heterocycles. The molecule has 8 nitrogen and oxygen atoms in total. The van der Waals surface area contributed by atoms with E-state index in [-0.39, 0.29) is 0 Å². The van der Waals surface area contributed by atoms with Gasteiger partial charge in [-0.3, -0.25) is 0 Å². The number of unbranched alkanes of at least 4 members (excludes halogenated alkanes) is 1. The van der Waals surface area contributed by atoms with Crippen LogP contribution in [-0.4, -0.2) is 34.9 Å². The normalized spacial score (nSPS) is 10.0. The predicted molar refractivity (Wildman–Crippen MR) is 60.1 cm³/mol. The highest BCUT2D eigenvalue weighted by Crippen LogP contribution is 2.11. The van der Waals surface area contributed by atoms with Crippen molar-refractivity contribution in [1.82, 2.24) is 0 Å². The van der Waals surface area contributed by atoms with Gasteiger partial charge in [-0.15, -0.1) is 0 Å². The van der Waals surface area contributed by atoms with E-state index in [1.54, 1.807) is 0 Å². The Morgan fingerprint density at radius 2 is 1.72 bits per heavy atom. The lowest BCUT2D eigenvalue weighted by atomic mass is 10.4. The van der Waals surface area contributed by atoms with Crippen LogP contribution in [0.25, 0.3) is 0 Å². The molecular formula is C9H17ClO8. The van der Waals surface area contributed by atoms with Crippen molar-refractivity contribution >= 4 is 24.2 Å². The van der Waals surface area contributed by atoms with Crippen LogP contribution < -0.4 is 0 Å². The standard InChI is InChI=1S/C8H16O5.CHClO3/c1-4-5-6-11-13-8(2,3)12-7(9)10;2-5-1(3)4/h4-6H2,1-3H3,(H,9,10);(H,3,4). The van der Waals surface area contributed by atoms with Crippen molar-refractivity contribution in [2.75, 3.05) is 6.61 Å². The highest BCUT2D eigenvalue weighted by Gasteiger charge is 2.24. The zero-order chi connectivity index (χ0) is 14.6. The SMILES string of the molecule is CCCCOOC(C)(C)OC(=O)O.O=C(O)OCl. The number of carboxylic acid groups (broad SMARTS) is 2. The van der Waals surface area contributed by atoms with E-state index in [9.17, 15) is 4.79 Å². The molecule has 0 aromatic heterocycles. The van der Waals surface area contributed by atoms with Crippen LogP contribution in [0.1, 0.15) is 33.6 Å². The van der Waals surface area contributed by atoms with Gasteiger partial charge in [0.05, 0.1) is 6.61 Å². The fraction of sp³-hybridized carbons (Fsp3) is 0.778. The first-order valence-corrected chi connectivity index (χ1v) is 5.30. The average molecular weight is 289 g/mol. The summed E-state index contributed by atoms with van der Waals surface area (Å²) in [5.74, 6) is -1.25. The van der Waals surface area contributed by atoms with Gasteiger partial charge in [-0.1, -0.05) is 13.3 Å². The van der Waals surface area contributed by atoms with Gasteiger partial charge in [-0.2, -0.15) is 4.89 Å². The lowest BCUT2D eigenvalue weighted by molar-refractivity contribution is -0.406. The van der Waals surface area contributed by atoms with E-state index < -0.39 is 18.1 Å². The third kappa shape index (κ3) is 17.2. The molecule has 18 heavy (non-hydrogen) atoms. The number of carbonyl (C=O) groups is 2. The fourth-order valence-corrected chi connectivity index (χ4v) is 0.614. The summed E-state index contributed by atoms with van der Waals surface area (Å²) in [4.78, 5) is 28.7. The number of hydrogen-bond acceptors (Lipinski definition) is 6. The minimum absolute atomic E-state index is 0.433. The Kier molecular flexibility index (Phi) is 11.5. The lowest BCUT2D eigenvalue weighted by Crippen LogP contribution is -2.31. The molecule has 0 saturated carbocycles. The second-order valence-electron chi connectivity index (χ2n) is 3.37. The molecule has 0 fully saturated rings. The topological polar surface area (TPSA) is 112 Å². The quantitative estimate of drug-likeness (QED) is 0.252. The van der Waals surface area contributed by atoms with Gasteiger partial charge in [-0.25, -0.2) is 14.5 Å². The molecule has 0 heterocycles. The van der Waals surface area contributed by atoms with E-state index in [0.29, 0.717) is 6.61 Å². The number of rotatable bonds is 6. The van der Waals surface area contributed by atoms with Crippen molar-refractivity contribution in [1.29, 1.82) is 0 Å². The van der Waals surface area contributed by atoms with Crippen LogP contribution in [0, 0.1) is 0 Å². The van der Waals surface area contributed by atoms with Crippen LogP contribution in [-0.2, 0) is 18.8 Å². The number of hydrogen-bond donors (Lipinski definition) is 2. The van der Waals surface area contributed by atoms with E-state index in [4.69, 9.17) is 24.8 Å². The van der Waals surface area contributed by atoms with Crippen LogP contribution >= 0.6 is 11.9 Å². The van der Waals surface area contributed by atoms with Crippen LogP contribution in [0.5, 0.6) is 0 Å². The molecule has 0 saturated heterocycles. The van der Waals surface area contributed by atoms with Gasteiger partial charge in [0.15, 0.2) is 0 Å². The molecule has 0 spiro atoms. The van der Waals surface area contributed by atoms with Gasteiger partial charge >= 0.3 is 12.3 Å². The first kappa shape index (κ1) is 19.1. The first-order valence-electron chi connectivity index (χ1n) is 4.99. The summed E-state index contributed by atoms with van der Waals surface area (Å²) < 4.78 is 7.53. The van der Waals surface area contributed by atoms with E-state index >= 15 is 0 Å². The second kappa shape index (κ2) is 10.9. The number of halogens is 1. The van der Waals surface area contributed by atoms with Crippen molar-refractivity contribution < 1.29 is 38.6 Å². The van der Waals surface area contributed by atoms with Gasteiger partial charge < -0.3 is 19.2 Å². The van der Waals surface area contributed by atoms with E-state index in [1.165, 1.54) is 13.8 Å². The molecule has 0 aromatic carbocycles. The number of ether oxygens (including phenoxy) is 1. The molecule has 2 N–H and O–H groups in total. The summed E-state index contributed by atoms with van der Waals surface area (Å²) in [6.07, 6.45) is -1.01. The fourth-order valence-electron chi connectivity index (χ4n) is 0.614. The maximum absolute atomic E-state index is 10.1. The van der Waals surface area contributed by atoms with Crippen molar-refractivity contribution in [3.05, 3.63) is 0 Å². The van der Waals surface area contributed by atoms with Crippen molar-refractivity contribution in [3.8, 4) is 0 Å². The first-order chi connectivity index (χ1) is 8.25. The Bertz CT molecular complexity index is 243. The van der Waals surface area contributed by atoms with Crippen molar-refractivity contribution in [3.63, 3.8) is 0 Å². The molecule has 0 aliphatic carbocycles. The Balaban J connectivity index is 0. The molecule has 108 valence electrons. The zero-order valence-corrected chi connectivity index (χ0v) is 11.1. The van der Waals surface area contributed by atoms with E-state index in [0.717, 1.165) is 12.8 Å². The average Bonchev–Trinajstić information content (AvgIpc) is 2.23. The van der Waals surface area contributed by atoms with Crippen LogP contribution in [0.4, 0.5) is 9.59 Å². The Morgan fingerprint density at radius 3 is 2.06 bits per heavy atom. The van der Waals surface area contributed by atoms with E-state index in [2.05, 4.69) is 20.9 Å². The summed E-state index contributed by atoms with van der Waals surface area (Å²) in [5.41, 5.74) is 0. The van der Waals surface area contributed by atoms with Gasteiger partial charge in [0.2, 0.25) is 5.79 Å². The molecule has 0 aromatic rings. The van der Waals surface area contributed by atoms with Crippen molar-refractivity contribution in [2.24, 2.45) is 0 Å². The Labute approximate surface area is 109 Å². The molecule has 0 bridgehead atoms. The molecule has 0 amide bonds. The highest BCUT2D eigenvalue weighted by molar-refractivity contribution is 6.12. The molecule has 0 aliphatic rings. The highest BCUT2D eigenvalue weighted by atomic mass is 35.5. The Hall–Kier alpha value is -1.25. The summed E-state index contributed by atoms with van der Waals surface area (Å²) in [6, 6.07) is 0. The van der Waals surface area contributed by atoms with Crippen LogP contribution in [0.3, 0.4) is 0 Å². The van der Waals surface area contributed by atoms with Gasteiger partial charge in [0.25, 0.3) is 0 Å². The van der Waals surface area contributed by atoms with Crippen molar-refractivity contribution in [2.45, 2.75) is 39.4 Å². The minimum Gasteiger partial charge on any atom is -0.450 e. The summed E-state index contributed by atoms with van der Waals surface area (Å²) in [6.45, 7) is 5.38. The third-order valence-electron chi connectivity index (χ3n) is 1.24. The molecular weight excluding hydrogens is 272 g/mol. The minimum atomic E-state index is -1.48. The van der Waals surface area contributed by atoms with Crippen LogP contribution in [0.15, 0.2) is 0 Å². The molecule has 0 rings (SSSR count). The van der Waals surface area contributed by atoms with E-state index in [1.807, 2.05) is 6.92 Å². The monoisotopic (exact) mass is 288 g/mol. The Morgan fingerprint density at radius 1 is 1.22 bits per heavy atom. The maximum atomic E-state index is 10.1. The lowest BCUT2D eigenvalue weighted by Gasteiger charge is -2.21. The maximum Gasteiger partial charge on any atom is 0.524 e. The molecule has 0 atom stereocenters. The smallest absolute Gasteiger partial charge is 0.450 e. The molecule has 9 heteroatoms. The van der Waals surface area contributed by atoms with Crippen LogP contribution in [0.2, 0.25) is 0 Å². The summed E-state index contributed by atoms with van der Waals surface area (Å²) in [5, 5.41) is 15.7. The third-order valence-corrected chi connectivity index (χ3v) is 1.37. The molecule has 0 radical (unpaired) electrons. The zero-order valence-electron chi connectivity index (χ0n) is 10.3.